The monoisotopic (exact) mass is 448 g/mol. The molecule has 172 valence electrons. The Kier molecular flexibility index (Phi) is 8.16. The van der Waals surface area contributed by atoms with E-state index < -0.39 is 11.7 Å². The fourth-order valence-electron chi connectivity index (χ4n) is 3.38. The molecule has 0 bridgehead atoms. The van der Waals surface area contributed by atoms with Crippen molar-refractivity contribution in [3.05, 3.63) is 59.8 Å². The quantitative estimate of drug-likeness (QED) is 0.356. The topological polar surface area (TPSA) is 63.3 Å². The summed E-state index contributed by atoms with van der Waals surface area (Å²) in [4.78, 5) is 15.4. The maximum Gasteiger partial charge on any atom is 0.416 e. The third-order valence-corrected chi connectivity index (χ3v) is 5.11. The van der Waals surface area contributed by atoms with Gasteiger partial charge in [-0.05, 0) is 54.8 Å². The molecule has 0 aliphatic heterocycles. The van der Waals surface area contributed by atoms with Crippen LogP contribution in [0.2, 0.25) is 0 Å². The number of carbonyl (C=O) groups excluding carboxylic acids is 1. The van der Waals surface area contributed by atoms with Crippen molar-refractivity contribution in [2.24, 2.45) is 0 Å². The third kappa shape index (κ3) is 6.75. The van der Waals surface area contributed by atoms with Gasteiger partial charge in [0.05, 0.1) is 17.9 Å². The van der Waals surface area contributed by atoms with Gasteiger partial charge in [0.25, 0.3) is 0 Å². The number of halogens is 3. The van der Waals surface area contributed by atoms with Gasteiger partial charge in [0.1, 0.15) is 5.75 Å². The molecule has 1 heterocycles. The lowest BCUT2D eigenvalue weighted by atomic mass is 10.1. The standard InChI is InChI=1S/C24H27F3N2O3/c1-31-13-4-2-3-5-23(30)29-22-16-28-21-11-6-17(15-20(21)22)12-14-32-19-9-7-18(8-10-19)24(25,26)27/h6-11,15-16,28H,2-5,12-14H2,1H3,(H,29,30). The molecule has 0 aliphatic rings. The van der Waals surface area contributed by atoms with Crippen molar-refractivity contribution >= 4 is 22.5 Å². The third-order valence-electron chi connectivity index (χ3n) is 5.11. The minimum Gasteiger partial charge on any atom is -0.493 e. The highest BCUT2D eigenvalue weighted by Gasteiger charge is 2.30. The summed E-state index contributed by atoms with van der Waals surface area (Å²) in [5.74, 6) is 0.360. The van der Waals surface area contributed by atoms with Crippen molar-refractivity contribution in [1.29, 1.82) is 0 Å². The molecule has 0 unspecified atom stereocenters. The molecule has 0 saturated carbocycles. The smallest absolute Gasteiger partial charge is 0.416 e. The normalized spacial score (nSPS) is 11.6. The van der Waals surface area contributed by atoms with E-state index >= 15 is 0 Å². The highest BCUT2D eigenvalue weighted by Crippen LogP contribution is 2.30. The summed E-state index contributed by atoms with van der Waals surface area (Å²) >= 11 is 0. The number of carbonyl (C=O) groups is 1. The zero-order valence-electron chi connectivity index (χ0n) is 17.9. The fraction of sp³-hybridized carbons (Fsp3) is 0.375. The summed E-state index contributed by atoms with van der Waals surface area (Å²) in [7, 11) is 1.67. The van der Waals surface area contributed by atoms with Gasteiger partial charge in [-0.25, -0.2) is 0 Å². The van der Waals surface area contributed by atoms with Gasteiger partial charge in [-0.15, -0.1) is 0 Å². The van der Waals surface area contributed by atoms with Gasteiger partial charge < -0.3 is 19.8 Å². The number of benzene rings is 2. The number of nitrogens with one attached hydrogen (secondary N) is 2. The first kappa shape index (κ1) is 23.7. The summed E-state index contributed by atoms with van der Waals surface area (Å²) < 4.78 is 48.5. The summed E-state index contributed by atoms with van der Waals surface area (Å²) in [6, 6.07) is 10.5. The van der Waals surface area contributed by atoms with Crippen molar-refractivity contribution in [3.8, 4) is 5.75 Å². The summed E-state index contributed by atoms with van der Waals surface area (Å²) in [6.07, 6.45) is 1.14. The van der Waals surface area contributed by atoms with Crippen LogP contribution in [-0.2, 0) is 22.1 Å². The number of methoxy groups -OCH3 is 1. The zero-order chi connectivity index (χ0) is 23.0. The summed E-state index contributed by atoms with van der Waals surface area (Å²) in [6.45, 7) is 1.03. The first-order chi connectivity index (χ1) is 15.4. The van der Waals surface area contributed by atoms with Crippen LogP contribution < -0.4 is 10.1 Å². The molecular weight excluding hydrogens is 421 g/mol. The molecular formula is C24H27F3N2O3. The number of hydrogen-bond donors (Lipinski definition) is 2. The summed E-state index contributed by atoms with van der Waals surface area (Å²) in [5, 5.41) is 3.87. The summed E-state index contributed by atoms with van der Waals surface area (Å²) in [5.41, 5.74) is 1.94. The number of hydrogen-bond acceptors (Lipinski definition) is 3. The lowest BCUT2D eigenvalue weighted by Gasteiger charge is -2.09. The van der Waals surface area contributed by atoms with Gasteiger partial charge in [-0.1, -0.05) is 12.5 Å². The number of aromatic nitrogens is 1. The number of unbranched alkanes of at least 4 members (excludes halogenated alkanes) is 2. The van der Waals surface area contributed by atoms with Crippen LogP contribution in [0.3, 0.4) is 0 Å². The molecule has 0 atom stereocenters. The number of ether oxygens (including phenoxy) is 2. The molecule has 0 radical (unpaired) electrons. The maximum atomic E-state index is 12.6. The van der Waals surface area contributed by atoms with Crippen molar-refractivity contribution < 1.29 is 27.4 Å². The van der Waals surface area contributed by atoms with Crippen molar-refractivity contribution in [2.45, 2.75) is 38.3 Å². The second-order valence-electron chi connectivity index (χ2n) is 7.55. The molecule has 0 fully saturated rings. The Balaban J connectivity index is 1.53. The van der Waals surface area contributed by atoms with E-state index in [1.807, 2.05) is 18.2 Å². The van der Waals surface area contributed by atoms with Gasteiger partial charge in [0, 0.05) is 43.7 Å². The second kappa shape index (κ2) is 11.0. The lowest BCUT2D eigenvalue weighted by Crippen LogP contribution is -2.10. The Labute approximate surface area is 184 Å². The number of H-pyrrole nitrogens is 1. The van der Waals surface area contributed by atoms with Crippen LogP contribution >= 0.6 is 0 Å². The molecule has 8 heteroatoms. The van der Waals surface area contributed by atoms with Crippen molar-refractivity contribution in [2.75, 3.05) is 25.6 Å². The predicted molar refractivity (Wildman–Crippen MR) is 118 cm³/mol. The van der Waals surface area contributed by atoms with Gasteiger partial charge in [0.15, 0.2) is 0 Å². The van der Waals surface area contributed by atoms with Crippen LogP contribution in [0.5, 0.6) is 5.75 Å². The van der Waals surface area contributed by atoms with Crippen LogP contribution in [0.4, 0.5) is 18.9 Å². The van der Waals surface area contributed by atoms with Gasteiger partial charge in [0.2, 0.25) is 5.91 Å². The fourth-order valence-corrected chi connectivity index (χ4v) is 3.38. The SMILES string of the molecule is COCCCCCC(=O)Nc1c[nH]c2ccc(CCOc3ccc(C(F)(F)F)cc3)cc12. The Morgan fingerprint density at radius 2 is 1.81 bits per heavy atom. The molecule has 3 aromatic rings. The first-order valence-corrected chi connectivity index (χ1v) is 10.6. The van der Waals surface area contributed by atoms with E-state index in [0.717, 1.165) is 53.5 Å². The highest BCUT2D eigenvalue weighted by molar-refractivity contribution is 6.01. The second-order valence-corrected chi connectivity index (χ2v) is 7.55. The van der Waals surface area contributed by atoms with Crippen LogP contribution in [0, 0.1) is 0 Å². The lowest BCUT2D eigenvalue weighted by molar-refractivity contribution is -0.137. The molecule has 1 amide bonds. The number of anilines is 1. The van der Waals surface area contributed by atoms with E-state index in [-0.39, 0.29) is 5.91 Å². The molecule has 0 spiro atoms. The van der Waals surface area contributed by atoms with Crippen molar-refractivity contribution in [3.63, 3.8) is 0 Å². The maximum absolute atomic E-state index is 12.6. The number of alkyl halides is 3. The minimum absolute atomic E-state index is 0.0284. The minimum atomic E-state index is -4.36. The van der Waals surface area contributed by atoms with E-state index in [2.05, 4.69) is 10.3 Å². The molecule has 5 nitrogen and oxygen atoms in total. The Hall–Kier alpha value is -3.00. The molecule has 2 aromatic carbocycles. The predicted octanol–water partition coefficient (Wildman–Crippen LogP) is 5.95. The average Bonchev–Trinajstić information content (AvgIpc) is 3.15. The zero-order valence-corrected chi connectivity index (χ0v) is 17.9. The van der Waals surface area contributed by atoms with Gasteiger partial charge >= 0.3 is 6.18 Å². The highest BCUT2D eigenvalue weighted by atomic mass is 19.4. The van der Waals surface area contributed by atoms with E-state index in [1.165, 1.54) is 12.1 Å². The molecule has 0 aliphatic carbocycles. The molecule has 0 saturated heterocycles. The average molecular weight is 448 g/mol. The number of amides is 1. The first-order valence-electron chi connectivity index (χ1n) is 10.6. The van der Waals surface area contributed by atoms with Crippen LogP contribution in [-0.4, -0.2) is 31.2 Å². The number of aromatic amines is 1. The Morgan fingerprint density at radius 1 is 1.03 bits per heavy atom. The number of fused-ring (bicyclic) bond motifs is 1. The van der Waals surface area contributed by atoms with Crippen molar-refractivity contribution in [1.82, 2.24) is 4.98 Å². The van der Waals surface area contributed by atoms with Gasteiger partial charge in [-0.3, -0.25) is 4.79 Å². The van der Waals surface area contributed by atoms with Crippen LogP contribution in [0.15, 0.2) is 48.7 Å². The largest absolute Gasteiger partial charge is 0.493 e. The van der Waals surface area contributed by atoms with E-state index in [9.17, 15) is 18.0 Å². The van der Waals surface area contributed by atoms with E-state index in [4.69, 9.17) is 9.47 Å². The Morgan fingerprint density at radius 3 is 2.53 bits per heavy atom. The Bertz CT molecular complexity index is 1010. The van der Waals surface area contributed by atoms with E-state index in [1.54, 1.807) is 13.3 Å². The van der Waals surface area contributed by atoms with Gasteiger partial charge in [-0.2, -0.15) is 13.2 Å². The molecule has 2 N–H and O–H groups in total. The van der Waals surface area contributed by atoms with Crippen LogP contribution in [0.1, 0.15) is 36.8 Å². The number of rotatable bonds is 11. The van der Waals surface area contributed by atoms with Crippen LogP contribution in [0.25, 0.3) is 10.9 Å². The molecule has 32 heavy (non-hydrogen) atoms. The molecule has 1 aromatic heterocycles. The molecule has 3 rings (SSSR count). The van der Waals surface area contributed by atoms with E-state index in [0.29, 0.717) is 31.8 Å².